The van der Waals surface area contributed by atoms with Gasteiger partial charge in [0.05, 0.1) is 11.9 Å². The minimum absolute atomic E-state index is 0.278. The first-order chi connectivity index (χ1) is 10.2. The molecule has 2 aromatic rings. The zero-order chi connectivity index (χ0) is 14.7. The highest BCUT2D eigenvalue weighted by Gasteiger charge is 2.20. The maximum Gasteiger partial charge on any atom is 0.165 e. The van der Waals surface area contributed by atoms with E-state index in [9.17, 15) is 0 Å². The van der Waals surface area contributed by atoms with Crippen molar-refractivity contribution >= 4 is 0 Å². The average Bonchev–Trinajstić information content (AvgIpc) is 3.19. The monoisotopic (exact) mass is 287 g/mol. The van der Waals surface area contributed by atoms with Gasteiger partial charge in [0, 0.05) is 18.6 Å². The molecule has 0 radical (unpaired) electrons. The van der Waals surface area contributed by atoms with Crippen molar-refractivity contribution in [2.75, 3.05) is 0 Å². The number of nitrogens with one attached hydrogen (secondary N) is 1. The third-order valence-electron chi connectivity index (χ3n) is 3.45. The van der Waals surface area contributed by atoms with Crippen molar-refractivity contribution in [2.45, 2.75) is 51.9 Å². The van der Waals surface area contributed by atoms with Crippen LogP contribution in [0, 0.1) is 0 Å². The summed E-state index contributed by atoms with van der Waals surface area (Å²) in [5, 5.41) is 7.63. The molecular weight excluding hydrogens is 266 g/mol. The largest absolute Gasteiger partial charge is 0.484 e. The van der Waals surface area contributed by atoms with Crippen LogP contribution in [-0.4, -0.2) is 25.8 Å². The maximum atomic E-state index is 5.73. The van der Waals surface area contributed by atoms with Gasteiger partial charge in [0.1, 0.15) is 18.7 Å². The number of nitrogens with zero attached hydrogens (tertiary/aromatic N) is 4. The SMILES string of the molecule is CC(C)n1ncnc1COc1ccc(CNC2CC2)nc1. The smallest absolute Gasteiger partial charge is 0.165 e. The molecule has 6 heteroatoms. The Hall–Kier alpha value is -1.95. The fourth-order valence-electron chi connectivity index (χ4n) is 2.09. The van der Waals surface area contributed by atoms with E-state index in [-0.39, 0.29) is 6.04 Å². The summed E-state index contributed by atoms with van der Waals surface area (Å²) in [5.41, 5.74) is 1.04. The van der Waals surface area contributed by atoms with Gasteiger partial charge in [-0.05, 0) is 38.8 Å². The van der Waals surface area contributed by atoms with Crippen LogP contribution in [0.15, 0.2) is 24.7 Å². The van der Waals surface area contributed by atoms with Gasteiger partial charge in [0.25, 0.3) is 0 Å². The number of rotatable bonds is 7. The van der Waals surface area contributed by atoms with Crippen molar-refractivity contribution in [3.63, 3.8) is 0 Å². The van der Waals surface area contributed by atoms with Crippen molar-refractivity contribution in [2.24, 2.45) is 0 Å². The summed E-state index contributed by atoms with van der Waals surface area (Å²) >= 11 is 0. The second-order valence-corrected chi connectivity index (χ2v) is 5.64. The van der Waals surface area contributed by atoms with Crippen LogP contribution in [0.2, 0.25) is 0 Å². The second kappa shape index (κ2) is 6.22. The Labute approximate surface area is 124 Å². The van der Waals surface area contributed by atoms with E-state index in [0.29, 0.717) is 12.6 Å². The Morgan fingerprint density at radius 3 is 2.86 bits per heavy atom. The van der Waals surface area contributed by atoms with Crippen LogP contribution in [0.5, 0.6) is 5.75 Å². The van der Waals surface area contributed by atoms with Crippen LogP contribution in [0.4, 0.5) is 0 Å². The summed E-state index contributed by atoms with van der Waals surface area (Å²) in [7, 11) is 0. The van der Waals surface area contributed by atoms with Crippen LogP contribution in [0.25, 0.3) is 0 Å². The second-order valence-electron chi connectivity index (χ2n) is 5.64. The highest BCUT2D eigenvalue weighted by molar-refractivity contribution is 5.20. The first kappa shape index (κ1) is 14.0. The van der Waals surface area contributed by atoms with Gasteiger partial charge in [-0.3, -0.25) is 4.98 Å². The molecular formula is C15H21N5O. The predicted molar refractivity (Wildman–Crippen MR) is 78.8 cm³/mol. The fourth-order valence-corrected chi connectivity index (χ4v) is 2.09. The first-order valence-corrected chi connectivity index (χ1v) is 7.42. The molecule has 1 N–H and O–H groups in total. The van der Waals surface area contributed by atoms with Crippen LogP contribution >= 0.6 is 0 Å². The molecule has 1 saturated carbocycles. The molecule has 0 aromatic carbocycles. The standard InChI is InChI=1S/C15H21N5O/c1-11(2)20-15(18-10-19-20)9-21-14-6-5-13(17-8-14)7-16-12-3-4-12/h5-6,8,10-12,16H,3-4,7,9H2,1-2H3. The number of hydrogen-bond acceptors (Lipinski definition) is 5. The van der Waals surface area contributed by atoms with Crippen molar-refractivity contribution in [3.05, 3.63) is 36.2 Å². The Kier molecular flexibility index (Phi) is 4.15. The molecule has 6 nitrogen and oxygen atoms in total. The normalized spacial score (nSPS) is 14.6. The Morgan fingerprint density at radius 1 is 1.33 bits per heavy atom. The molecule has 1 aliphatic rings. The average molecular weight is 287 g/mol. The molecule has 0 spiro atoms. The molecule has 0 aliphatic heterocycles. The Bertz CT molecular complexity index is 574. The molecule has 0 saturated heterocycles. The molecule has 0 bridgehead atoms. The number of pyridine rings is 1. The molecule has 2 aromatic heterocycles. The lowest BCUT2D eigenvalue weighted by atomic mass is 10.3. The maximum absolute atomic E-state index is 5.73. The van der Waals surface area contributed by atoms with Crippen LogP contribution in [0.1, 0.15) is 44.2 Å². The number of aromatic nitrogens is 4. The van der Waals surface area contributed by atoms with Crippen molar-refractivity contribution in [3.8, 4) is 5.75 Å². The molecule has 0 amide bonds. The quantitative estimate of drug-likeness (QED) is 0.844. The summed E-state index contributed by atoms with van der Waals surface area (Å²) in [6, 6.07) is 4.93. The summed E-state index contributed by atoms with van der Waals surface area (Å²) < 4.78 is 7.59. The Morgan fingerprint density at radius 2 is 2.19 bits per heavy atom. The summed E-state index contributed by atoms with van der Waals surface area (Å²) in [6.45, 7) is 5.37. The number of ether oxygens (including phenoxy) is 1. The highest BCUT2D eigenvalue weighted by atomic mass is 16.5. The van der Waals surface area contributed by atoms with Gasteiger partial charge < -0.3 is 10.1 Å². The van der Waals surface area contributed by atoms with Gasteiger partial charge in [0.2, 0.25) is 0 Å². The van der Waals surface area contributed by atoms with E-state index in [2.05, 4.69) is 34.2 Å². The van der Waals surface area contributed by atoms with Crippen molar-refractivity contribution in [1.82, 2.24) is 25.1 Å². The molecule has 2 heterocycles. The van der Waals surface area contributed by atoms with Crippen molar-refractivity contribution < 1.29 is 4.74 Å². The lowest BCUT2D eigenvalue weighted by Crippen LogP contribution is -2.16. The molecule has 0 unspecified atom stereocenters. The molecule has 0 atom stereocenters. The van der Waals surface area contributed by atoms with Gasteiger partial charge >= 0.3 is 0 Å². The minimum atomic E-state index is 0.278. The van der Waals surface area contributed by atoms with Crippen LogP contribution in [-0.2, 0) is 13.2 Å². The minimum Gasteiger partial charge on any atom is -0.484 e. The first-order valence-electron chi connectivity index (χ1n) is 7.42. The summed E-state index contributed by atoms with van der Waals surface area (Å²) in [5.74, 6) is 1.58. The topological polar surface area (TPSA) is 64.9 Å². The van der Waals surface area contributed by atoms with E-state index in [4.69, 9.17) is 4.74 Å². The summed E-state index contributed by atoms with van der Waals surface area (Å²) in [6.07, 6.45) is 5.90. The van der Waals surface area contributed by atoms with E-state index in [1.165, 1.54) is 12.8 Å². The molecule has 3 rings (SSSR count). The molecule has 1 aliphatic carbocycles. The van der Waals surface area contributed by atoms with E-state index in [1.54, 1.807) is 12.5 Å². The van der Waals surface area contributed by atoms with Gasteiger partial charge in [-0.25, -0.2) is 9.67 Å². The highest BCUT2D eigenvalue weighted by Crippen LogP contribution is 2.19. The fraction of sp³-hybridized carbons (Fsp3) is 0.533. The number of hydrogen-bond donors (Lipinski definition) is 1. The van der Waals surface area contributed by atoms with E-state index < -0.39 is 0 Å². The third kappa shape index (κ3) is 3.78. The lowest BCUT2D eigenvalue weighted by Gasteiger charge is -2.10. The van der Waals surface area contributed by atoms with Gasteiger partial charge in [-0.1, -0.05) is 0 Å². The van der Waals surface area contributed by atoms with Crippen LogP contribution in [0.3, 0.4) is 0 Å². The molecule has 1 fully saturated rings. The van der Waals surface area contributed by atoms with Gasteiger partial charge in [0.15, 0.2) is 5.82 Å². The van der Waals surface area contributed by atoms with Gasteiger partial charge in [-0.15, -0.1) is 0 Å². The Balaban J connectivity index is 1.53. The zero-order valence-corrected chi connectivity index (χ0v) is 12.5. The third-order valence-corrected chi connectivity index (χ3v) is 3.45. The van der Waals surface area contributed by atoms with E-state index >= 15 is 0 Å². The van der Waals surface area contributed by atoms with E-state index in [1.807, 2.05) is 16.8 Å². The summed E-state index contributed by atoms with van der Waals surface area (Å²) in [4.78, 5) is 8.63. The molecule has 21 heavy (non-hydrogen) atoms. The van der Waals surface area contributed by atoms with Crippen molar-refractivity contribution in [1.29, 1.82) is 0 Å². The van der Waals surface area contributed by atoms with Gasteiger partial charge in [-0.2, -0.15) is 5.10 Å². The molecule has 112 valence electrons. The van der Waals surface area contributed by atoms with E-state index in [0.717, 1.165) is 23.8 Å². The van der Waals surface area contributed by atoms with Crippen LogP contribution < -0.4 is 10.1 Å². The predicted octanol–water partition coefficient (Wildman–Crippen LogP) is 2.08. The lowest BCUT2D eigenvalue weighted by molar-refractivity contribution is 0.281. The zero-order valence-electron chi connectivity index (χ0n) is 12.5.